The highest BCUT2D eigenvalue weighted by molar-refractivity contribution is 6.00. The summed E-state index contributed by atoms with van der Waals surface area (Å²) in [7, 11) is 0. The van der Waals surface area contributed by atoms with E-state index < -0.39 is 5.41 Å². The third kappa shape index (κ3) is 1.76. The zero-order chi connectivity index (χ0) is 14.9. The molecule has 1 aliphatic carbocycles. The quantitative estimate of drug-likeness (QED) is 0.455. The summed E-state index contributed by atoms with van der Waals surface area (Å²) in [6, 6.07) is 15.9. The number of rotatable bonds is 3. The zero-order valence-electron chi connectivity index (χ0n) is 11.5. The molecule has 0 radical (unpaired) electrons. The fourth-order valence-corrected chi connectivity index (χ4v) is 3.25. The van der Waals surface area contributed by atoms with Crippen LogP contribution in [0.25, 0.3) is 11.1 Å². The zero-order valence-corrected chi connectivity index (χ0v) is 11.5. The average molecular weight is 279 g/mol. The van der Waals surface area contributed by atoms with Crippen LogP contribution in [0.5, 0.6) is 0 Å². The normalized spacial score (nSPS) is 14.7. The van der Waals surface area contributed by atoms with Crippen molar-refractivity contribution >= 4 is 5.91 Å². The van der Waals surface area contributed by atoms with Gasteiger partial charge in [0.1, 0.15) is 5.41 Å². The monoisotopic (exact) mass is 279 g/mol. The number of carbonyl (C=O) groups is 1. The van der Waals surface area contributed by atoms with Crippen LogP contribution in [0.4, 0.5) is 0 Å². The molecule has 0 aliphatic heterocycles. The number of amides is 1. The van der Waals surface area contributed by atoms with Gasteiger partial charge in [0, 0.05) is 0 Å². The molecule has 0 bridgehead atoms. The molecule has 1 amide bonds. The van der Waals surface area contributed by atoms with Gasteiger partial charge in [-0.3, -0.25) is 10.2 Å². The van der Waals surface area contributed by atoms with E-state index in [0.717, 1.165) is 22.3 Å². The molecule has 0 atom stereocenters. The molecule has 0 saturated carbocycles. The van der Waals surface area contributed by atoms with E-state index >= 15 is 0 Å². The molecular formula is C17H17N3O. The lowest BCUT2D eigenvalue weighted by molar-refractivity contribution is -0.125. The molecule has 4 heteroatoms. The van der Waals surface area contributed by atoms with Gasteiger partial charge in [-0.2, -0.15) is 0 Å². The predicted octanol–water partition coefficient (Wildman–Crippen LogP) is 1.81. The molecule has 106 valence electrons. The van der Waals surface area contributed by atoms with E-state index in [1.165, 1.54) is 6.20 Å². The maximum Gasteiger partial charge on any atom is 0.249 e. The topological polar surface area (TPSA) is 81.1 Å². The molecule has 0 aromatic heterocycles. The number of allylic oxidation sites excluding steroid dienone is 1. The Bertz CT molecular complexity index is 676. The van der Waals surface area contributed by atoms with Crippen LogP contribution in [-0.4, -0.2) is 5.91 Å². The standard InChI is InChI=1S/C17H17N3O/c18-11-5-10-17(16(21)20-19)14-8-3-1-6-12(14)13-7-2-4-9-15(13)17/h1-9,11H,10,18-19H2,(H,20,21). The Morgan fingerprint density at radius 3 is 2.05 bits per heavy atom. The summed E-state index contributed by atoms with van der Waals surface area (Å²) in [6.45, 7) is 0. The lowest BCUT2D eigenvalue weighted by atomic mass is 9.74. The number of benzene rings is 2. The van der Waals surface area contributed by atoms with Gasteiger partial charge in [0.05, 0.1) is 0 Å². The number of hydrazine groups is 1. The second kappa shape index (κ2) is 5.07. The average Bonchev–Trinajstić information content (AvgIpc) is 2.84. The molecule has 0 saturated heterocycles. The molecule has 0 unspecified atom stereocenters. The summed E-state index contributed by atoms with van der Waals surface area (Å²) in [5.74, 6) is 5.24. The Kier molecular flexibility index (Phi) is 3.23. The molecule has 4 nitrogen and oxygen atoms in total. The third-order valence-electron chi connectivity index (χ3n) is 4.14. The molecule has 2 aromatic rings. The minimum absolute atomic E-state index is 0.224. The van der Waals surface area contributed by atoms with Crippen LogP contribution in [0.2, 0.25) is 0 Å². The first-order valence-corrected chi connectivity index (χ1v) is 6.83. The summed E-state index contributed by atoms with van der Waals surface area (Å²) < 4.78 is 0. The van der Waals surface area contributed by atoms with Crippen molar-refractivity contribution in [1.82, 2.24) is 5.43 Å². The minimum atomic E-state index is -0.822. The Labute approximate surface area is 123 Å². The lowest BCUT2D eigenvalue weighted by Gasteiger charge is -2.28. The highest BCUT2D eigenvalue weighted by Crippen LogP contribution is 2.50. The van der Waals surface area contributed by atoms with Crippen LogP contribution in [-0.2, 0) is 10.2 Å². The number of hydrogen-bond donors (Lipinski definition) is 3. The highest BCUT2D eigenvalue weighted by atomic mass is 16.2. The Balaban J connectivity index is 2.35. The number of nitrogens with two attached hydrogens (primary N) is 2. The van der Waals surface area contributed by atoms with Gasteiger partial charge >= 0.3 is 0 Å². The van der Waals surface area contributed by atoms with Gasteiger partial charge in [0.15, 0.2) is 0 Å². The SMILES string of the molecule is NC=CCC1(C(=O)NN)c2ccccc2-c2ccccc21. The summed E-state index contributed by atoms with van der Waals surface area (Å²) in [4.78, 5) is 12.7. The molecule has 2 aromatic carbocycles. The van der Waals surface area contributed by atoms with Gasteiger partial charge in [-0.05, 0) is 34.9 Å². The summed E-state index contributed by atoms with van der Waals surface area (Å²) in [5, 5.41) is 0. The Hall–Kier alpha value is -2.59. The van der Waals surface area contributed by atoms with E-state index in [1.807, 2.05) is 48.5 Å². The fourth-order valence-electron chi connectivity index (χ4n) is 3.25. The van der Waals surface area contributed by atoms with Crippen molar-refractivity contribution in [3.05, 3.63) is 71.9 Å². The van der Waals surface area contributed by atoms with Crippen LogP contribution < -0.4 is 17.0 Å². The maximum absolute atomic E-state index is 12.7. The first kappa shape index (κ1) is 13.4. The van der Waals surface area contributed by atoms with Crippen molar-refractivity contribution in [3.8, 4) is 11.1 Å². The van der Waals surface area contributed by atoms with E-state index in [1.54, 1.807) is 6.08 Å². The van der Waals surface area contributed by atoms with Crippen molar-refractivity contribution in [3.63, 3.8) is 0 Å². The molecule has 0 fully saturated rings. The van der Waals surface area contributed by atoms with Gasteiger partial charge in [0.25, 0.3) is 0 Å². The minimum Gasteiger partial charge on any atom is -0.405 e. The molecule has 21 heavy (non-hydrogen) atoms. The van der Waals surface area contributed by atoms with E-state index in [0.29, 0.717) is 6.42 Å². The van der Waals surface area contributed by atoms with Crippen molar-refractivity contribution < 1.29 is 4.79 Å². The Morgan fingerprint density at radius 2 is 1.57 bits per heavy atom. The highest BCUT2D eigenvalue weighted by Gasteiger charge is 2.47. The van der Waals surface area contributed by atoms with Crippen molar-refractivity contribution in [2.75, 3.05) is 0 Å². The number of hydrogen-bond acceptors (Lipinski definition) is 3. The smallest absolute Gasteiger partial charge is 0.249 e. The second-order valence-corrected chi connectivity index (χ2v) is 5.10. The van der Waals surface area contributed by atoms with Crippen LogP contribution in [0, 0.1) is 0 Å². The number of fused-ring (bicyclic) bond motifs is 3. The largest absolute Gasteiger partial charge is 0.405 e. The molecular weight excluding hydrogens is 262 g/mol. The number of nitrogens with one attached hydrogen (secondary N) is 1. The number of carbonyl (C=O) groups excluding carboxylic acids is 1. The Morgan fingerprint density at radius 1 is 1.05 bits per heavy atom. The molecule has 3 rings (SSSR count). The molecule has 0 heterocycles. The summed E-state index contributed by atoms with van der Waals surface area (Å²) >= 11 is 0. The van der Waals surface area contributed by atoms with Gasteiger partial charge < -0.3 is 5.73 Å². The van der Waals surface area contributed by atoms with Crippen LogP contribution in [0.3, 0.4) is 0 Å². The van der Waals surface area contributed by atoms with E-state index in [2.05, 4.69) is 5.43 Å². The van der Waals surface area contributed by atoms with Gasteiger partial charge in [0.2, 0.25) is 5.91 Å². The molecule has 0 spiro atoms. The fraction of sp³-hybridized carbons (Fsp3) is 0.118. The van der Waals surface area contributed by atoms with E-state index in [-0.39, 0.29) is 5.91 Å². The summed E-state index contributed by atoms with van der Waals surface area (Å²) in [6.07, 6.45) is 3.74. The van der Waals surface area contributed by atoms with Gasteiger partial charge in [-0.25, -0.2) is 5.84 Å². The first-order chi connectivity index (χ1) is 10.3. The molecule has 5 N–H and O–H groups in total. The van der Waals surface area contributed by atoms with Crippen molar-refractivity contribution in [1.29, 1.82) is 0 Å². The van der Waals surface area contributed by atoms with Gasteiger partial charge in [-0.1, -0.05) is 54.6 Å². The third-order valence-corrected chi connectivity index (χ3v) is 4.14. The van der Waals surface area contributed by atoms with E-state index in [4.69, 9.17) is 11.6 Å². The van der Waals surface area contributed by atoms with Crippen LogP contribution in [0.15, 0.2) is 60.8 Å². The van der Waals surface area contributed by atoms with Crippen molar-refractivity contribution in [2.24, 2.45) is 11.6 Å². The maximum atomic E-state index is 12.7. The molecule has 1 aliphatic rings. The first-order valence-electron chi connectivity index (χ1n) is 6.83. The van der Waals surface area contributed by atoms with Crippen LogP contribution >= 0.6 is 0 Å². The summed E-state index contributed by atoms with van der Waals surface area (Å²) in [5.41, 5.74) is 11.1. The lowest BCUT2D eigenvalue weighted by Crippen LogP contribution is -2.46. The second-order valence-electron chi connectivity index (χ2n) is 5.10. The van der Waals surface area contributed by atoms with Gasteiger partial charge in [-0.15, -0.1) is 0 Å². The predicted molar refractivity (Wildman–Crippen MR) is 82.9 cm³/mol. The van der Waals surface area contributed by atoms with Crippen LogP contribution in [0.1, 0.15) is 17.5 Å². The van der Waals surface area contributed by atoms with Crippen molar-refractivity contribution in [2.45, 2.75) is 11.8 Å². The van der Waals surface area contributed by atoms with E-state index in [9.17, 15) is 4.79 Å².